The second-order valence-electron chi connectivity index (χ2n) is 3.97. The van der Waals surface area contributed by atoms with Crippen LogP contribution >= 0.6 is 0 Å². The van der Waals surface area contributed by atoms with E-state index < -0.39 is 0 Å². The van der Waals surface area contributed by atoms with Crippen LogP contribution in [0.1, 0.15) is 41.0 Å². The molecule has 0 spiro atoms. The van der Waals surface area contributed by atoms with Crippen molar-refractivity contribution in [3.63, 3.8) is 0 Å². The van der Waals surface area contributed by atoms with E-state index in [4.69, 9.17) is 0 Å². The van der Waals surface area contributed by atoms with Crippen molar-refractivity contribution in [3.8, 4) is 11.8 Å². The van der Waals surface area contributed by atoms with E-state index in [9.17, 15) is 0 Å². The summed E-state index contributed by atoms with van der Waals surface area (Å²) < 4.78 is 0. The van der Waals surface area contributed by atoms with Crippen molar-refractivity contribution in [2.75, 3.05) is 0 Å². The van der Waals surface area contributed by atoms with E-state index >= 15 is 0 Å². The van der Waals surface area contributed by atoms with Crippen LogP contribution in [0, 0.1) is 29.6 Å². The van der Waals surface area contributed by atoms with Crippen LogP contribution in [0.4, 0.5) is 0 Å². The topological polar surface area (TPSA) is 0 Å². The predicted octanol–water partition coefficient (Wildman–Crippen LogP) is 3.33. The van der Waals surface area contributed by atoms with Gasteiger partial charge in [-0.1, -0.05) is 40.5 Å². The molecule has 0 saturated heterocycles. The second-order valence-corrected chi connectivity index (χ2v) is 3.97. The zero-order chi connectivity index (χ0) is 8.85. The highest BCUT2D eigenvalue weighted by atomic mass is 14.0. The first-order chi connectivity index (χ1) is 5.02. The van der Waals surface area contributed by atoms with Gasteiger partial charge in [0.2, 0.25) is 0 Å². The molecule has 0 unspecified atom stereocenters. The third-order valence-corrected chi connectivity index (χ3v) is 1.44. The molecule has 0 fully saturated rings. The van der Waals surface area contributed by atoms with E-state index in [2.05, 4.69) is 46.5 Å². The van der Waals surface area contributed by atoms with Crippen LogP contribution in [0.5, 0.6) is 0 Å². The molecule has 0 aliphatic heterocycles. The summed E-state index contributed by atoms with van der Waals surface area (Å²) in [7, 11) is 0. The van der Waals surface area contributed by atoms with E-state index in [1.165, 1.54) is 6.42 Å². The lowest BCUT2D eigenvalue weighted by Gasteiger charge is -2.06. The molecule has 0 saturated carbocycles. The smallest absolute Gasteiger partial charge is 0.0177 e. The lowest BCUT2D eigenvalue weighted by atomic mass is 9.99. The van der Waals surface area contributed by atoms with Gasteiger partial charge in [0, 0.05) is 11.8 Å². The minimum atomic E-state index is 0.518. The lowest BCUT2D eigenvalue weighted by Crippen LogP contribution is -1.97. The van der Waals surface area contributed by atoms with Crippen LogP contribution in [0.3, 0.4) is 0 Å². The van der Waals surface area contributed by atoms with Gasteiger partial charge in [0.05, 0.1) is 0 Å². The predicted molar refractivity (Wildman–Crippen MR) is 51.2 cm³/mol. The van der Waals surface area contributed by atoms with Crippen LogP contribution in [-0.2, 0) is 0 Å². The van der Waals surface area contributed by atoms with E-state index in [0.29, 0.717) is 11.8 Å². The molecule has 0 aromatic rings. The summed E-state index contributed by atoms with van der Waals surface area (Å²) in [5, 5.41) is 0. The molecular formula is C11H20. The summed E-state index contributed by atoms with van der Waals surface area (Å²) in [6.07, 6.45) is 1.22. The second kappa shape index (κ2) is 5.24. The zero-order valence-corrected chi connectivity index (χ0v) is 8.44. The Morgan fingerprint density at radius 3 is 1.82 bits per heavy atom. The van der Waals surface area contributed by atoms with Gasteiger partial charge in [0.1, 0.15) is 0 Å². The van der Waals surface area contributed by atoms with Crippen LogP contribution in [0.15, 0.2) is 0 Å². The Morgan fingerprint density at radius 1 is 0.909 bits per heavy atom. The largest absolute Gasteiger partial charge is 0.100 e. The van der Waals surface area contributed by atoms with Crippen molar-refractivity contribution < 1.29 is 0 Å². The number of rotatable bonds is 2. The Morgan fingerprint density at radius 2 is 1.45 bits per heavy atom. The van der Waals surface area contributed by atoms with E-state index in [0.717, 1.165) is 5.92 Å². The van der Waals surface area contributed by atoms with Gasteiger partial charge in [-0.3, -0.25) is 0 Å². The highest BCUT2D eigenvalue weighted by Crippen LogP contribution is 2.09. The maximum Gasteiger partial charge on any atom is 0.0177 e. The Balaban J connectivity index is 3.70. The van der Waals surface area contributed by atoms with Crippen molar-refractivity contribution in [1.82, 2.24) is 0 Å². The van der Waals surface area contributed by atoms with Crippen LogP contribution < -0.4 is 0 Å². The first-order valence-corrected chi connectivity index (χ1v) is 4.53. The molecule has 0 heterocycles. The molecule has 1 atom stereocenters. The van der Waals surface area contributed by atoms with Gasteiger partial charge in [0.15, 0.2) is 0 Å². The molecule has 0 aliphatic carbocycles. The van der Waals surface area contributed by atoms with E-state index in [-0.39, 0.29) is 0 Å². The minimum Gasteiger partial charge on any atom is -0.100 e. The summed E-state index contributed by atoms with van der Waals surface area (Å²) in [6, 6.07) is 0. The molecule has 0 nitrogen and oxygen atoms in total. The molecule has 11 heavy (non-hydrogen) atoms. The Kier molecular flexibility index (Phi) is 5.03. The average Bonchev–Trinajstić information content (AvgIpc) is 1.82. The van der Waals surface area contributed by atoms with Gasteiger partial charge in [-0.05, 0) is 12.3 Å². The molecule has 0 aromatic carbocycles. The maximum absolute atomic E-state index is 3.26. The Labute approximate surface area is 71.4 Å². The Bertz CT molecular complexity index is 143. The molecular weight excluding hydrogens is 132 g/mol. The molecule has 64 valence electrons. The fourth-order valence-corrected chi connectivity index (χ4v) is 1.07. The van der Waals surface area contributed by atoms with Gasteiger partial charge in [-0.2, -0.15) is 0 Å². The number of hydrogen-bond donors (Lipinski definition) is 0. The summed E-state index contributed by atoms with van der Waals surface area (Å²) >= 11 is 0. The fourth-order valence-electron chi connectivity index (χ4n) is 1.07. The summed E-state index contributed by atoms with van der Waals surface area (Å²) in [6.45, 7) is 11.0. The van der Waals surface area contributed by atoms with Crippen molar-refractivity contribution in [2.45, 2.75) is 41.0 Å². The quantitative estimate of drug-likeness (QED) is 0.532. The van der Waals surface area contributed by atoms with Crippen LogP contribution in [0.25, 0.3) is 0 Å². The third-order valence-electron chi connectivity index (χ3n) is 1.44. The summed E-state index contributed by atoms with van der Waals surface area (Å²) in [5.74, 6) is 8.32. The van der Waals surface area contributed by atoms with Gasteiger partial charge in [0.25, 0.3) is 0 Å². The monoisotopic (exact) mass is 152 g/mol. The third kappa shape index (κ3) is 7.46. The molecule has 0 N–H and O–H groups in total. The van der Waals surface area contributed by atoms with E-state index in [1.54, 1.807) is 0 Å². The van der Waals surface area contributed by atoms with Crippen molar-refractivity contribution in [1.29, 1.82) is 0 Å². The van der Waals surface area contributed by atoms with Crippen LogP contribution in [0.2, 0.25) is 0 Å². The first-order valence-electron chi connectivity index (χ1n) is 4.53. The van der Waals surface area contributed by atoms with Gasteiger partial charge in [-0.25, -0.2) is 0 Å². The van der Waals surface area contributed by atoms with Gasteiger partial charge in [-0.15, -0.1) is 5.92 Å². The SMILES string of the molecule is CC(C)C#C[C@H](C)CC(C)C. The van der Waals surface area contributed by atoms with E-state index in [1.807, 2.05) is 0 Å². The van der Waals surface area contributed by atoms with Crippen molar-refractivity contribution in [2.24, 2.45) is 17.8 Å². The molecule has 0 amide bonds. The number of hydrogen-bond acceptors (Lipinski definition) is 0. The minimum absolute atomic E-state index is 0.518. The summed E-state index contributed by atoms with van der Waals surface area (Å²) in [5.41, 5.74) is 0. The summed E-state index contributed by atoms with van der Waals surface area (Å²) in [4.78, 5) is 0. The van der Waals surface area contributed by atoms with Crippen molar-refractivity contribution >= 4 is 0 Å². The molecule has 0 radical (unpaired) electrons. The highest BCUT2D eigenvalue weighted by Gasteiger charge is 2.00. The first kappa shape index (κ1) is 10.6. The van der Waals surface area contributed by atoms with Gasteiger partial charge < -0.3 is 0 Å². The molecule has 0 aromatic heterocycles. The van der Waals surface area contributed by atoms with Crippen LogP contribution in [-0.4, -0.2) is 0 Å². The van der Waals surface area contributed by atoms with Gasteiger partial charge >= 0.3 is 0 Å². The zero-order valence-electron chi connectivity index (χ0n) is 8.44. The van der Waals surface area contributed by atoms with Crippen molar-refractivity contribution in [3.05, 3.63) is 0 Å². The Hall–Kier alpha value is -0.440. The highest BCUT2D eigenvalue weighted by molar-refractivity contribution is 5.04. The fraction of sp³-hybridized carbons (Fsp3) is 0.818. The molecule has 0 heteroatoms. The average molecular weight is 152 g/mol. The molecule has 0 bridgehead atoms. The molecule has 0 aliphatic rings. The molecule has 0 rings (SSSR count). The maximum atomic E-state index is 3.26. The standard InChI is InChI=1S/C11H20/c1-9(2)6-7-11(5)8-10(3)4/h9-11H,8H2,1-5H3/t11-/m0/s1. The lowest BCUT2D eigenvalue weighted by molar-refractivity contribution is 0.513. The normalized spacial score (nSPS) is 13.0.